The first-order chi connectivity index (χ1) is 10.8. The van der Waals surface area contributed by atoms with E-state index < -0.39 is 5.54 Å². The molecule has 0 aliphatic carbocycles. The lowest BCUT2D eigenvalue weighted by Gasteiger charge is -2.29. The van der Waals surface area contributed by atoms with Crippen molar-refractivity contribution in [1.29, 1.82) is 0 Å². The number of ether oxygens (including phenoxy) is 1. The smallest absolute Gasteiger partial charge is 0.270 e. The zero-order valence-electron chi connectivity index (χ0n) is 13.2. The average molecular weight is 339 g/mol. The number of carbonyl (C=O) groups excluding carboxylic acids is 1. The van der Waals surface area contributed by atoms with Gasteiger partial charge in [-0.1, -0.05) is 18.5 Å². The van der Waals surface area contributed by atoms with Crippen molar-refractivity contribution < 1.29 is 9.53 Å². The molecule has 2 aromatic heterocycles. The van der Waals surface area contributed by atoms with E-state index in [9.17, 15) is 9.59 Å². The summed E-state index contributed by atoms with van der Waals surface area (Å²) in [6.07, 6.45) is 2.21. The molecule has 1 unspecified atom stereocenters. The van der Waals surface area contributed by atoms with Crippen molar-refractivity contribution in [3.05, 3.63) is 45.5 Å². The second-order valence-electron chi connectivity index (χ2n) is 5.51. The lowest BCUT2D eigenvalue weighted by atomic mass is 10.00. The van der Waals surface area contributed by atoms with Crippen molar-refractivity contribution in [2.75, 3.05) is 6.61 Å². The first-order valence-electron chi connectivity index (χ1n) is 7.16. The van der Waals surface area contributed by atoms with Gasteiger partial charge in [-0.05, 0) is 25.5 Å². The summed E-state index contributed by atoms with van der Waals surface area (Å²) in [6, 6.07) is 4.64. The Balaban J connectivity index is 2.08. The predicted molar refractivity (Wildman–Crippen MR) is 86.9 cm³/mol. The molecule has 0 saturated heterocycles. The standard InChI is InChI=1S/C15H19ClN4O3/c1-4-15(2,9-23-14-10(16)6-5-7-17-14)18-13(22)11-8-12(21)19-20(11)3/h5-8H,4,9H2,1-3H3,(H,18,22)(H,19,21). The van der Waals surface area contributed by atoms with Crippen LogP contribution >= 0.6 is 11.6 Å². The minimum atomic E-state index is -0.634. The van der Waals surface area contributed by atoms with Crippen LogP contribution in [0.3, 0.4) is 0 Å². The quantitative estimate of drug-likeness (QED) is 0.839. The number of hydrogen-bond donors (Lipinski definition) is 2. The van der Waals surface area contributed by atoms with Crippen LogP contribution in [0.5, 0.6) is 5.88 Å². The van der Waals surface area contributed by atoms with E-state index in [0.29, 0.717) is 17.3 Å². The first kappa shape index (κ1) is 17.1. The molecule has 0 bridgehead atoms. The van der Waals surface area contributed by atoms with Crippen LogP contribution in [-0.4, -0.2) is 32.8 Å². The van der Waals surface area contributed by atoms with E-state index in [1.165, 1.54) is 10.7 Å². The third kappa shape index (κ3) is 4.13. The summed E-state index contributed by atoms with van der Waals surface area (Å²) >= 11 is 6.00. The van der Waals surface area contributed by atoms with Gasteiger partial charge in [-0.25, -0.2) is 4.98 Å². The molecule has 0 spiro atoms. The summed E-state index contributed by atoms with van der Waals surface area (Å²) in [5.41, 5.74) is -0.705. The maximum absolute atomic E-state index is 12.3. The van der Waals surface area contributed by atoms with Gasteiger partial charge < -0.3 is 10.1 Å². The van der Waals surface area contributed by atoms with E-state index in [-0.39, 0.29) is 23.8 Å². The molecule has 1 amide bonds. The number of hydrogen-bond acceptors (Lipinski definition) is 4. The van der Waals surface area contributed by atoms with Gasteiger partial charge >= 0.3 is 0 Å². The zero-order valence-corrected chi connectivity index (χ0v) is 14.0. The highest BCUT2D eigenvalue weighted by Gasteiger charge is 2.27. The molecule has 2 aromatic rings. The van der Waals surface area contributed by atoms with Gasteiger partial charge in [-0.3, -0.25) is 19.4 Å². The molecule has 0 aliphatic heterocycles. The van der Waals surface area contributed by atoms with E-state index in [2.05, 4.69) is 15.4 Å². The molecule has 7 nitrogen and oxygen atoms in total. The second-order valence-corrected chi connectivity index (χ2v) is 5.92. The van der Waals surface area contributed by atoms with Crippen molar-refractivity contribution in [2.24, 2.45) is 7.05 Å². The Bertz CT molecular complexity index is 755. The maximum atomic E-state index is 12.3. The molecule has 0 aliphatic rings. The van der Waals surface area contributed by atoms with Gasteiger partial charge in [-0.15, -0.1) is 0 Å². The van der Waals surface area contributed by atoms with Crippen molar-refractivity contribution in [3.63, 3.8) is 0 Å². The monoisotopic (exact) mass is 338 g/mol. The van der Waals surface area contributed by atoms with Gasteiger partial charge in [0, 0.05) is 19.3 Å². The molecule has 2 rings (SSSR count). The maximum Gasteiger partial charge on any atom is 0.270 e. The Morgan fingerprint density at radius 2 is 2.30 bits per heavy atom. The van der Waals surface area contributed by atoms with Gasteiger partial charge in [0.2, 0.25) is 5.88 Å². The molecule has 1 atom stereocenters. The summed E-state index contributed by atoms with van der Waals surface area (Å²) in [4.78, 5) is 27.7. The Morgan fingerprint density at radius 1 is 1.57 bits per heavy atom. The number of nitrogens with one attached hydrogen (secondary N) is 2. The number of halogens is 1. The number of aromatic amines is 1. The SMILES string of the molecule is CCC(C)(COc1ncccc1Cl)NC(=O)c1cc(=O)[nH]n1C. The molecule has 8 heteroatoms. The molecular weight excluding hydrogens is 320 g/mol. The van der Waals surface area contributed by atoms with Crippen molar-refractivity contribution in [3.8, 4) is 5.88 Å². The van der Waals surface area contributed by atoms with Gasteiger partial charge in [0.15, 0.2) is 0 Å². The molecule has 2 heterocycles. The van der Waals surface area contributed by atoms with Crippen molar-refractivity contribution in [1.82, 2.24) is 20.1 Å². The van der Waals surface area contributed by atoms with Crippen LogP contribution < -0.4 is 15.6 Å². The van der Waals surface area contributed by atoms with Gasteiger partial charge in [0.1, 0.15) is 17.3 Å². The van der Waals surface area contributed by atoms with Crippen LogP contribution in [0.4, 0.5) is 0 Å². The number of H-pyrrole nitrogens is 1. The van der Waals surface area contributed by atoms with Gasteiger partial charge in [-0.2, -0.15) is 0 Å². The van der Waals surface area contributed by atoms with Crippen molar-refractivity contribution >= 4 is 17.5 Å². The minimum Gasteiger partial charge on any atom is -0.474 e. The molecule has 0 aromatic carbocycles. The number of aryl methyl sites for hydroxylation is 1. The fourth-order valence-corrected chi connectivity index (χ4v) is 2.14. The third-order valence-corrected chi connectivity index (χ3v) is 3.88. The molecule has 0 saturated carbocycles. The Morgan fingerprint density at radius 3 is 2.87 bits per heavy atom. The van der Waals surface area contributed by atoms with E-state index in [0.717, 1.165) is 0 Å². The van der Waals surface area contributed by atoms with Gasteiger partial charge in [0.05, 0.1) is 5.54 Å². The fourth-order valence-electron chi connectivity index (χ4n) is 1.97. The highest BCUT2D eigenvalue weighted by atomic mass is 35.5. The van der Waals surface area contributed by atoms with Crippen molar-refractivity contribution in [2.45, 2.75) is 25.8 Å². The summed E-state index contributed by atoms with van der Waals surface area (Å²) < 4.78 is 7.01. The zero-order chi connectivity index (χ0) is 17.0. The molecule has 124 valence electrons. The average Bonchev–Trinajstić information content (AvgIpc) is 2.85. The van der Waals surface area contributed by atoms with E-state index in [1.807, 2.05) is 13.8 Å². The number of amides is 1. The molecule has 0 fully saturated rings. The fraction of sp³-hybridized carbons (Fsp3) is 0.400. The Kier molecular flexibility index (Phi) is 5.10. The van der Waals surface area contributed by atoms with E-state index >= 15 is 0 Å². The molecular formula is C15H19ClN4O3. The minimum absolute atomic E-state index is 0.199. The van der Waals surface area contributed by atoms with E-state index in [4.69, 9.17) is 16.3 Å². The predicted octanol–water partition coefficient (Wildman–Crippen LogP) is 1.74. The number of rotatable bonds is 6. The molecule has 23 heavy (non-hydrogen) atoms. The summed E-state index contributed by atoms with van der Waals surface area (Å²) in [5.74, 6) is -0.0388. The third-order valence-electron chi connectivity index (χ3n) is 3.59. The van der Waals surface area contributed by atoms with Crippen LogP contribution in [0.15, 0.2) is 29.2 Å². The van der Waals surface area contributed by atoms with E-state index in [1.54, 1.807) is 25.4 Å². The lowest BCUT2D eigenvalue weighted by molar-refractivity contribution is 0.0850. The summed E-state index contributed by atoms with van der Waals surface area (Å²) in [6.45, 7) is 3.98. The summed E-state index contributed by atoms with van der Waals surface area (Å²) in [7, 11) is 1.60. The molecule has 2 N–H and O–H groups in total. The number of carbonyl (C=O) groups is 1. The highest BCUT2D eigenvalue weighted by Crippen LogP contribution is 2.22. The Hall–Kier alpha value is -2.28. The topological polar surface area (TPSA) is 89.0 Å². The number of aromatic nitrogens is 3. The largest absolute Gasteiger partial charge is 0.474 e. The molecule has 0 radical (unpaired) electrons. The van der Waals surface area contributed by atoms with Crippen LogP contribution in [0, 0.1) is 0 Å². The first-order valence-corrected chi connectivity index (χ1v) is 7.54. The van der Waals surface area contributed by atoms with Gasteiger partial charge in [0.25, 0.3) is 11.5 Å². The van der Waals surface area contributed by atoms with Crippen LogP contribution in [-0.2, 0) is 7.05 Å². The second kappa shape index (κ2) is 6.87. The lowest BCUT2D eigenvalue weighted by Crippen LogP contribution is -2.50. The normalized spacial score (nSPS) is 13.4. The van der Waals surface area contributed by atoms with Crippen LogP contribution in [0.2, 0.25) is 5.02 Å². The number of nitrogens with zero attached hydrogens (tertiary/aromatic N) is 2. The summed E-state index contributed by atoms with van der Waals surface area (Å²) in [5, 5.41) is 5.80. The Labute approximate surface area is 138 Å². The van der Waals surface area contributed by atoms with Crippen LogP contribution in [0.1, 0.15) is 30.8 Å². The number of pyridine rings is 1. The van der Waals surface area contributed by atoms with Crippen LogP contribution in [0.25, 0.3) is 0 Å². The highest BCUT2D eigenvalue weighted by molar-refractivity contribution is 6.31.